The third-order valence-corrected chi connectivity index (χ3v) is 4.91. The molecule has 1 aliphatic rings. The van der Waals surface area contributed by atoms with E-state index in [4.69, 9.17) is 26.4 Å². The summed E-state index contributed by atoms with van der Waals surface area (Å²) in [5.41, 5.74) is 2.83. The average Bonchev–Trinajstić information content (AvgIpc) is 2.75. The zero-order valence-electron chi connectivity index (χ0n) is 16.3. The van der Waals surface area contributed by atoms with Gasteiger partial charge in [-0.15, -0.1) is 0 Å². The number of hydrogen-bond donors (Lipinski definition) is 5. The van der Waals surface area contributed by atoms with E-state index in [1.54, 1.807) is 24.3 Å². The zero-order valence-corrected chi connectivity index (χ0v) is 17.2. The van der Waals surface area contributed by atoms with Gasteiger partial charge in [0.1, 0.15) is 36.8 Å². The van der Waals surface area contributed by atoms with Crippen LogP contribution in [-0.4, -0.2) is 62.9 Å². The molecule has 2 aromatic rings. The molecule has 8 nitrogen and oxygen atoms in total. The van der Waals surface area contributed by atoms with E-state index < -0.39 is 37.3 Å². The van der Waals surface area contributed by atoms with Crippen LogP contribution in [0, 0.1) is 6.92 Å². The van der Waals surface area contributed by atoms with Crippen LogP contribution in [0.2, 0.25) is 0 Å². The topological polar surface area (TPSA) is 121 Å². The first-order chi connectivity index (χ1) is 14.4. The normalized spacial score (nSPS) is 26.1. The molecular weight excluding hydrogens is 410 g/mol. The molecule has 30 heavy (non-hydrogen) atoms. The fraction of sp³-hybridized carbons (Fsp3) is 0.381. The van der Waals surface area contributed by atoms with Crippen molar-refractivity contribution in [3.63, 3.8) is 0 Å². The molecule has 5 N–H and O–H groups in total. The second kappa shape index (κ2) is 10.2. The first-order valence-electron chi connectivity index (χ1n) is 9.44. The van der Waals surface area contributed by atoms with Gasteiger partial charge >= 0.3 is 0 Å². The number of benzene rings is 2. The van der Waals surface area contributed by atoms with Crippen LogP contribution in [0.15, 0.2) is 48.5 Å². The fourth-order valence-electron chi connectivity index (χ4n) is 2.90. The van der Waals surface area contributed by atoms with E-state index in [0.717, 1.165) is 16.8 Å². The summed E-state index contributed by atoms with van der Waals surface area (Å²) in [6.45, 7) is 1.74. The van der Waals surface area contributed by atoms with Crippen LogP contribution < -0.4 is 10.1 Å². The minimum Gasteiger partial charge on any atom is -0.466 e. The third kappa shape index (κ3) is 5.66. The Hall–Kier alpha value is -2.27. The first-order valence-corrected chi connectivity index (χ1v) is 9.85. The second-order valence-corrected chi connectivity index (χ2v) is 7.40. The largest absolute Gasteiger partial charge is 0.466 e. The van der Waals surface area contributed by atoms with E-state index in [1.165, 1.54) is 0 Å². The number of aliphatic hydroxyl groups is 4. The molecule has 9 heteroatoms. The number of anilines is 1. The number of aliphatic hydroxyl groups excluding tert-OH is 4. The molecule has 2 aromatic carbocycles. The lowest BCUT2D eigenvalue weighted by molar-refractivity contribution is -0.277. The van der Waals surface area contributed by atoms with Gasteiger partial charge in [-0.3, -0.25) is 0 Å². The van der Waals surface area contributed by atoms with Crippen LogP contribution in [0.1, 0.15) is 11.1 Å². The van der Waals surface area contributed by atoms with E-state index in [1.807, 2.05) is 31.2 Å². The van der Waals surface area contributed by atoms with Crippen molar-refractivity contribution in [3.8, 4) is 5.75 Å². The summed E-state index contributed by atoms with van der Waals surface area (Å²) in [6, 6.07) is 14.6. The number of aryl methyl sites for hydroxylation is 1. The Balaban J connectivity index is 1.51. The summed E-state index contributed by atoms with van der Waals surface area (Å²) >= 11 is 5.19. The van der Waals surface area contributed by atoms with E-state index >= 15 is 0 Å². The summed E-state index contributed by atoms with van der Waals surface area (Å²) in [5, 5.41) is 42.2. The van der Waals surface area contributed by atoms with Crippen LogP contribution in [-0.2, 0) is 16.1 Å². The van der Waals surface area contributed by atoms with Gasteiger partial charge in [0.05, 0.1) is 6.61 Å². The van der Waals surface area contributed by atoms with E-state index in [2.05, 4.69) is 5.32 Å². The zero-order chi connectivity index (χ0) is 21.7. The van der Waals surface area contributed by atoms with Crippen LogP contribution in [0.4, 0.5) is 5.69 Å². The molecule has 0 saturated carbocycles. The Morgan fingerprint density at radius 3 is 2.30 bits per heavy atom. The van der Waals surface area contributed by atoms with Gasteiger partial charge in [0.2, 0.25) is 6.29 Å². The lowest BCUT2D eigenvalue weighted by atomic mass is 9.99. The van der Waals surface area contributed by atoms with Crippen molar-refractivity contribution in [1.82, 2.24) is 0 Å². The van der Waals surface area contributed by atoms with Gasteiger partial charge in [-0.2, -0.15) is 0 Å². The number of nitrogens with one attached hydrogen (secondary N) is 1. The first kappa shape index (κ1) is 22.4. The number of thiocarbonyl (C=S) groups is 1. The van der Waals surface area contributed by atoms with Crippen molar-refractivity contribution < 1.29 is 34.6 Å². The number of rotatable bonds is 6. The van der Waals surface area contributed by atoms with Gasteiger partial charge in [0.15, 0.2) is 0 Å². The molecule has 0 amide bonds. The highest BCUT2D eigenvalue weighted by Gasteiger charge is 2.44. The average molecular weight is 435 g/mol. The Labute approximate surface area is 179 Å². The molecule has 3 rings (SSSR count). The van der Waals surface area contributed by atoms with Gasteiger partial charge in [0.25, 0.3) is 5.17 Å². The Kier molecular flexibility index (Phi) is 7.59. The van der Waals surface area contributed by atoms with Crippen LogP contribution in [0.3, 0.4) is 0 Å². The Bertz CT molecular complexity index is 828. The summed E-state index contributed by atoms with van der Waals surface area (Å²) in [4.78, 5) is 0. The Morgan fingerprint density at radius 2 is 1.67 bits per heavy atom. The smallest absolute Gasteiger partial charge is 0.261 e. The molecular formula is C21H25NO7S. The van der Waals surface area contributed by atoms with Crippen molar-refractivity contribution >= 4 is 23.1 Å². The van der Waals surface area contributed by atoms with Gasteiger partial charge in [0, 0.05) is 5.69 Å². The number of ether oxygens (including phenoxy) is 3. The molecule has 0 aliphatic carbocycles. The fourth-order valence-corrected chi connectivity index (χ4v) is 3.08. The monoisotopic (exact) mass is 435 g/mol. The maximum atomic E-state index is 10.0. The van der Waals surface area contributed by atoms with Crippen molar-refractivity contribution in [2.45, 2.75) is 44.2 Å². The quantitative estimate of drug-likeness (QED) is 0.425. The van der Waals surface area contributed by atoms with E-state index in [0.29, 0.717) is 5.75 Å². The van der Waals surface area contributed by atoms with Crippen molar-refractivity contribution in [3.05, 3.63) is 59.7 Å². The van der Waals surface area contributed by atoms with Crippen molar-refractivity contribution in [1.29, 1.82) is 0 Å². The van der Waals surface area contributed by atoms with Gasteiger partial charge in [-0.1, -0.05) is 29.8 Å². The van der Waals surface area contributed by atoms with Gasteiger partial charge < -0.3 is 40.0 Å². The molecule has 0 unspecified atom stereocenters. The van der Waals surface area contributed by atoms with Crippen molar-refractivity contribution in [2.24, 2.45) is 0 Å². The molecule has 5 atom stereocenters. The summed E-state index contributed by atoms with van der Waals surface area (Å²) < 4.78 is 16.4. The maximum Gasteiger partial charge on any atom is 0.261 e. The molecule has 1 fully saturated rings. The third-order valence-electron chi connectivity index (χ3n) is 4.69. The predicted octanol–water partition coefficient (Wildman–Crippen LogP) is 1.09. The van der Waals surface area contributed by atoms with E-state index in [-0.39, 0.29) is 11.8 Å². The maximum absolute atomic E-state index is 10.0. The summed E-state index contributed by atoms with van der Waals surface area (Å²) in [7, 11) is 0. The highest BCUT2D eigenvalue weighted by molar-refractivity contribution is 7.80. The SMILES string of the molecule is Cc1ccc(NC(=S)OCc2ccc(O[C@@H]3O[C@H](CO)[C@@H](O)[C@H](O)[C@H]3O)cc2)cc1. The van der Waals surface area contributed by atoms with E-state index in [9.17, 15) is 20.4 Å². The molecule has 1 heterocycles. The minimum absolute atomic E-state index is 0.248. The lowest BCUT2D eigenvalue weighted by Gasteiger charge is -2.39. The molecule has 0 aromatic heterocycles. The predicted molar refractivity (Wildman–Crippen MR) is 113 cm³/mol. The highest BCUT2D eigenvalue weighted by atomic mass is 32.1. The molecule has 0 radical (unpaired) electrons. The standard InChI is InChI=1S/C21H25NO7S/c1-12-2-6-14(7-3-12)22-21(30)27-11-13-4-8-15(9-5-13)28-20-19(26)18(25)17(24)16(10-23)29-20/h2-9,16-20,23-26H,10-11H2,1H3,(H,22,30)/t16-,17-,18+,19-,20-/m1/s1. The van der Waals surface area contributed by atoms with Gasteiger partial charge in [-0.05, 0) is 49.0 Å². The van der Waals surface area contributed by atoms with Crippen LogP contribution in [0.25, 0.3) is 0 Å². The van der Waals surface area contributed by atoms with Crippen LogP contribution in [0.5, 0.6) is 5.75 Å². The second-order valence-electron chi connectivity index (χ2n) is 7.03. The van der Waals surface area contributed by atoms with Gasteiger partial charge in [-0.25, -0.2) is 0 Å². The molecule has 0 bridgehead atoms. The summed E-state index contributed by atoms with van der Waals surface area (Å²) in [6.07, 6.45) is -6.63. The molecule has 1 aliphatic heterocycles. The molecule has 162 valence electrons. The Morgan fingerprint density at radius 1 is 1.00 bits per heavy atom. The minimum atomic E-state index is -1.49. The van der Waals surface area contributed by atoms with Crippen LogP contribution >= 0.6 is 12.2 Å². The summed E-state index contributed by atoms with van der Waals surface area (Å²) in [5.74, 6) is 0.378. The highest BCUT2D eigenvalue weighted by Crippen LogP contribution is 2.24. The van der Waals surface area contributed by atoms with Crippen molar-refractivity contribution in [2.75, 3.05) is 11.9 Å². The molecule has 0 spiro atoms. The number of hydrogen-bond acceptors (Lipinski definition) is 8. The lowest BCUT2D eigenvalue weighted by Crippen LogP contribution is -2.60. The molecule has 1 saturated heterocycles.